The van der Waals surface area contributed by atoms with Crippen molar-refractivity contribution in [3.8, 4) is 0 Å². The third-order valence-electron chi connectivity index (χ3n) is 1.21. The predicted molar refractivity (Wildman–Crippen MR) is 50.2 cm³/mol. The van der Waals surface area contributed by atoms with E-state index in [1.54, 1.807) is 4.68 Å². The summed E-state index contributed by atoms with van der Waals surface area (Å²) >= 11 is 4.88. The third-order valence-corrected chi connectivity index (χ3v) is 1.42. The largest absolute Gasteiger partial charge is 0.468 e. The number of nitrogens with one attached hydrogen (secondary N) is 1. The summed E-state index contributed by atoms with van der Waals surface area (Å²) < 4.78 is 6.78. The van der Waals surface area contributed by atoms with Crippen molar-refractivity contribution >= 4 is 17.4 Å². The molecule has 0 radical (unpaired) electrons. The molecule has 1 rings (SSSR count). The van der Waals surface area contributed by atoms with Gasteiger partial charge >= 0.3 is 5.17 Å². The molecule has 0 aliphatic rings. The van der Waals surface area contributed by atoms with Gasteiger partial charge in [0.05, 0.1) is 6.61 Å². The first kappa shape index (κ1) is 8.93. The van der Waals surface area contributed by atoms with Crippen molar-refractivity contribution in [2.45, 2.75) is 6.92 Å². The van der Waals surface area contributed by atoms with Crippen LogP contribution in [0.15, 0.2) is 30.6 Å². The first-order valence-electron chi connectivity index (χ1n) is 3.73. The molecule has 0 saturated carbocycles. The molecular weight excluding hydrogens is 172 g/mol. The molecule has 0 aliphatic heterocycles. The van der Waals surface area contributed by atoms with Crippen LogP contribution in [0.25, 0.3) is 0 Å². The highest BCUT2D eigenvalue weighted by Crippen LogP contribution is 1.78. The molecule has 0 saturated heterocycles. The maximum Gasteiger partial charge on any atom is 0.312 e. The Labute approximate surface area is 76.9 Å². The third kappa shape index (κ3) is 2.84. The van der Waals surface area contributed by atoms with Crippen LogP contribution in [0.1, 0.15) is 6.92 Å². The molecule has 12 heavy (non-hydrogen) atoms. The van der Waals surface area contributed by atoms with Gasteiger partial charge in [0.15, 0.2) is 12.4 Å². The van der Waals surface area contributed by atoms with Gasteiger partial charge in [0, 0.05) is 12.1 Å². The Hall–Kier alpha value is -1.16. The molecule has 0 aliphatic carbocycles. The van der Waals surface area contributed by atoms with Gasteiger partial charge < -0.3 is 4.74 Å². The smallest absolute Gasteiger partial charge is 0.312 e. The lowest BCUT2D eigenvalue weighted by atomic mass is 10.5. The molecule has 0 spiro atoms. The number of ether oxygens (including phenoxy) is 1. The molecule has 0 amide bonds. The van der Waals surface area contributed by atoms with E-state index in [0.717, 1.165) is 0 Å². The van der Waals surface area contributed by atoms with Crippen LogP contribution in [0, 0.1) is 0 Å². The van der Waals surface area contributed by atoms with E-state index in [0.29, 0.717) is 11.8 Å². The number of thiocarbonyl (C=S) groups is 1. The number of pyridine rings is 1. The van der Waals surface area contributed by atoms with Crippen molar-refractivity contribution in [1.82, 2.24) is 0 Å². The molecule has 0 fully saturated rings. The van der Waals surface area contributed by atoms with Gasteiger partial charge in [0.25, 0.3) is 0 Å². The van der Waals surface area contributed by atoms with Gasteiger partial charge in [-0.1, -0.05) is 10.7 Å². The van der Waals surface area contributed by atoms with E-state index < -0.39 is 0 Å². The van der Waals surface area contributed by atoms with Crippen molar-refractivity contribution in [2.75, 3.05) is 12.0 Å². The second-order valence-electron chi connectivity index (χ2n) is 2.12. The van der Waals surface area contributed by atoms with Gasteiger partial charge in [0.2, 0.25) is 0 Å². The summed E-state index contributed by atoms with van der Waals surface area (Å²) in [6, 6.07) is 5.74. The quantitative estimate of drug-likeness (QED) is 0.543. The Morgan fingerprint density at radius 2 is 2.08 bits per heavy atom. The monoisotopic (exact) mass is 183 g/mol. The zero-order valence-corrected chi connectivity index (χ0v) is 7.67. The normalized spacial score (nSPS) is 9.08. The highest BCUT2D eigenvalue weighted by atomic mass is 32.1. The predicted octanol–water partition coefficient (Wildman–Crippen LogP) is 0.839. The van der Waals surface area contributed by atoms with Gasteiger partial charge in [-0.2, -0.15) is 0 Å². The fraction of sp³-hybridized carbons (Fsp3) is 0.250. The van der Waals surface area contributed by atoms with E-state index in [1.807, 2.05) is 37.5 Å². The summed E-state index contributed by atoms with van der Waals surface area (Å²) in [5, 5.41) is 0.383. The second-order valence-corrected chi connectivity index (χ2v) is 2.49. The van der Waals surface area contributed by atoms with Crippen LogP contribution in [0.3, 0.4) is 0 Å². The Morgan fingerprint density at radius 1 is 1.42 bits per heavy atom. The summed E-state index contributed by atoms with van der Waals surface area (Å²) in [7, 11) is 0. The Balaban J connectivity index is 2.47. The molecule has 1 heterocycles. The van der Waals surface area contributed by atoms with Crippen LogP contribution in [-0.4, -0.2) is 11.8 Å². The topological polar surface area (TPSA) is 25.1 Å². The van der Waals surface area contributed by atoms with Gasteiger partial charge in [-0.3, -0.25) is 0 Å². The maximum atomic E-state index is 5.05. The number of rotatable bonds is 2. The number of nitrogens with zero attached hydrogens (tertiary/aromatic N) is 1. The molecule has 3 nitrogen and oxygen atoms in total. The summed E-state index contributed by atoms with van der Waals surface area (Å²) in [5.41, 5.74) is 2.87. The van der Waals surface area contributed by atoms with E-state index in [2.05, 4.69) is 5.43 Å². The van der Waals surface area contributed by atoms with E-state index >= 15 is 0 Å². The molecular formula is C8H11N2OS+. The van der Waals surface area contributed by atoms with E-state index in [4.69, 9.17) is 17.0 Å². The lowest BCUT2D eigenvalue weighted by Crippen LogP contribution is -2.47. The van der Waals surface area contributed by atoms with Crippen LogP contribution in [-0.2, 0) is 4.74 Å². The summed E-state index contributed by atoms with van der Waals surface area (Å²) in [6.07, 6.45) is 3.70. The van der Waals surface area contributed by atoms with E-state index in [-0.39, 0.29) is 0 Å². The van der Waals surface area contributed by atoms with Crippen molar-refractivity contribution in [2.24, 2.45) is 0 Å². The van der Waals surface area contributed by atoms with Gasteiger partial charge in [-0.05, 0) is 19.1 Å². The molecule has 1 aromatic heterocycles. The van der Waals surface area contributed by atoms with Crippen LogP contribution in [0.4, 0.5) is 0 Å². The van der Waals surface area contributed by atoms with Crippen molar-refractivity contribution in [1.29, 1.82) is 0 Å². The average Bonchev–Trinajstić information content (AvgIpc) is 2.06. The van der Waals surface area contributed by atoms with Gasteiger partial charge in [-0.15, -0.1) is 5.43 Å². The zero-order chi connectivity index (χ0) is 8.81. The molecule has 1 aromatic rings. The number of hydrogen-bond donors (Lipinski definition) is 1. The number of hydrogen-bond acceptors (Lipinski definition) is 2. The van der Waals surface area contributed by atoms with Crippen molar-refractivity contribution < 1.29 is 9.41 Å². The van der Waals surface area contributed by atoms with Crippen molar-refractivity contribution in [3.63, 3.8) is 0 Å². The first-order chi connectivity index (χ1) is 5.83. The standard InChI is InChI=1S/C8H10N2OS/c1-2-11-8(12)9-10-6-4-3-5-7-10/h3-7H,2H2,1H3/p+1. The molecule has 0 bridgehead atoms. The molecule has 0 aromatic carbocycles. The fourth-order valence-electron chi connectivity index (χ4n) is 0.742. The van der Waals surface area contributed by atoms with Crippen LogP contribution in [0.5, 0.6) is 0 Å². The molecule has 64 valence electrons. The molecule has 1 N–H and O–H groups in total. The zero-order valence-electron chi connectivity index (χ0n) is 6.86. The van der Waals surface area contributed by atoms with Gasteiger partial charge in [0.1, 0.15) is 0 Å². The Bertz CT molecular complexity index is 250. The Morgan fingerprint density at radius 3 is 2.67 bits per heavy atom. The minimum absolute atomic E-state index is 0.383. The maximum absolute atomic E-state index is 5.05. The van der Waals surface area contributed by atoms with E-state index in [9.17, 15) is 0 Å². The minimum atomic E-state index is 0.383. The summed E-state index contributed by atoms with van der Waals surface area (Å²) in [5.74, 6) is 0. The highest BCUT2D eigenvalue weighted by molar-refractivity contribution is 7.80. The SMILES string of the molecule is CCOC(=S)N[n+]1ccccc1. The van der Waals surface area contributed by atoms with E-state index in [1.165, 1.54) is 0 Å². The lowest BCUT2D eigenvalue weighted by molar-refractivity contribution is -0.641. The molecule has 0 unspecified atom stereocenters. The van der Waals surface area contributed by atoms with Gasteiger partial charge in [-0.25, -0.2) is 0 Å². The number of aromatic nitrogens is 1. The van der Waals surface area contributed by atoms with Crippen LogP contribution in [0.2, 0.25) is 0 Å². The highest BCUT2D eigenvalue weighted by Gasteiger charge is 2.00. The van der Waals surface area contributed by atoms with Crippen LogP contribution < -0.4 is 10.1 Å². The van der Waals surface area contributed by atoms with Crippen molar-refractivity contribution in [3.05, 3.63) is 30.6 Å². The lowest BCUT2D eigenvalue weighted by Gasteiger charge is -2.01. The molecule has 0 atom stereocenters. The average molecular weight is 183 g/mol. The summed E-state index contributed by atoms with van der Waals surface area (Å²) in [4.78, 5) is 0. The first-order valence-corrected chi connectivity index (χ1v) is 4.14. The second kappa shape index (κ2) is 4.66. The minimum Gasteiger partial charge on any atom is -0.468 e. The summed E-state index contributed by atoms with van der Waals surface area (Å²) in [6.45, 7) is 2.48. The Kier molecular flexibility index (Phi) is 3.47. The molecule has 4 heteroatoms. The van der Waals surface area contributed by atoms with Crippen LogP contribution >= 0.6 is 12.2 Å². The fourth-order valence-corrected chi connectivity index (χ4v) is 0.965.